The number of imidazole rings is 1. The zero-order chi connectivity index (χ0) is 26.2. The summed E-state index contributed by atoms with van der Waals surface area (Å²) in [6.07, 6.45) is 12.9. The first-order valence-electron chi connectivity index (χ1n) is 14.3. The largest absolute Gasteiger partial charge is 0.337 e. The molecule has 1 fully saturated rings. The second-order valence-electron chi connectivity index (χ2n) is 11.2. The molecule has 37 heavy (non-hydrogen) atoms. The average molecular weight is 508 g/mol. The summed E-state index contributed by atoms with van der Waals surface area (Å²) in [4.78, 5) is 37.7. The highest BCUT2D eigenvalue weighted by molar-refractivity contribution is 5.94. The molecule has 2 amide bonds. The minimum Gasteiger partial charge on any atom is -0.337 e. The molecule has 0 N–H and O–H groups in total. The van der Waals surface area contributed by atoms with Crippen molar-refractivity contribution in [3.05, 3.63) is 48.5 Å². The lowest BCUT2D eigenvalue weighted by atomic mass is 9.92. The van der Waals surface area contributed by atoms with Crippen LogP contribution in [-0.2, 0) is 22.7 Å². The van der Waals surface area contributed by atoms with Crippen LogP contribution in [0.1, 0.15) is 77.7 Å². The van der Waals surface area contributed by atoms with Crippen LogP contribution in [0.5, 0.6) is 0 Å². The monoisotopic (exact) mass is 507 g/mol. The Morgan fingerprint density at radius 2 is 1.86 bits per heavy atom. The summed E-state index contributed by atoms with van der Waals surface area (Å²) in [6.45, 7) is 10.4. The third kappa shape index (κ3) is 7.22. The number of para-hydroxylation sites is 1. The number of anilines is 1. The van der Waals surface area contributed by atoms with Gasteiger partial charge in [0.25, 0.3) is 0 Å². The number of benzene rings is 1. The Bertz CT molecular complexity index is 1010. The predicted molar refractivity (Wildman–Crippen MR) is 148 cm³/mol. The highest BCUT2D eigenvalue weighted by Gasteiger charge is 2.34. The van der Waals surface area contributed by atoms with Crippen molar-refractivity contribution in [2.24, 2.45) is 5.92 Å². The van der Waals surface area contributed by atoms with Crippen LogP contribution >= 0.6 is 0 Å². The number of rotatable bonds is 8. The molecular formula is C30H45N5O2. The number of nitrogens with zero attached hydrogens (tertiary/aromatic N) is 5. The summed E-state index contributed by atoms with van der Waals surface area (Å²) in [5.41, 5.74) is 2.04. The van der Waals surface area contributed by atoms with Crippen molar-refractivity contribution in [3.8, 4) is 0 Å². The number of amides is 2. The average Bonchev–Trinajstić information content (AvgIpc) is 3.41. The van der Waals surface area contributed by atoms with Crippen LogP contribution in [0.4, 0.5) is 5.69 Å². The third-order valence-corrected chi connectivity index (χ3v) is 8.06. The van der Waals surface area contributed by atoms with Crippen LogP contribution in [0.3, 0.4) is 0 Å². The van der Waals surface area contributed by atoms with Gasteiger partial charge >= 0.3 is 0 Å². The minimum absolute atomic E-state index is 0.158. The summed E-state index contributed by atoms with van der Waals surface area (Å²) in [7, 11) is 0. The van der Waals surface area contributed by atoms with Gasteiger partial charge in [0.2, 0.25) is 11.8 Å². The van der Waals surface area contributed by atoms with Crippen molar-refractivity contribution in [2.45, 2.75) is 97.3 Å². The van der Waals surface area contributed by atoms with Gasteiger partial charge in [0.05, 0.1) is 6.33 Å². The molecule has 1 saturated heterocycles. The van der Waals surface area contributed by atoms with Gasteiger partial charge < -0.3 is 14.4 Å². The lowest BCUT2D eigenvalue weighted by Gasteiger charge is -2.44. The first-order chi connectivity index (χ1) is 18.0. The van der Waals surface area contributed by atoms with Crippen LogP contribution in [-0.4, -0.2) is 62.9 Å². The second-order valence-corrected chi connectivity index (χ2v) is 11.2. The van der Waals surface area contributed by atoms with Gasteiger partial charge in [-0.2, -0.15) is 0 Å². The van der Waals surface area contributed by atoms with Gasteiger partial charge in [-0.05, 0) is 56.2 Å². The van der Waals surface area contributed by atoms with Crippen molar-refractivity contribution in [3.63, 3.8) is 0 Å². The first kappa shape index (κ1) is 27.4. The zero-order valence-corrected chi connectivity index (χ0v) is 23.0. The van der Waals surface area contributed by atoms with E-state index in [2.05, 4.69) is 40.8 Å². The normalized spacial score (nSPS) is 21.0. The van der Waals surface area contributed by atoms with Gasteiger partial charge in [-0.25, -0.2) is 4.98 Å². The van der Waals surface area contributed by atoms with Gasteiger partial charge in [0.1, 0.15) is 0 Å². The number of hydrogen-bond donors (Lipinski definition) is 0. The van der Waals surface area contributed by atoms with Crippen molar-refractivity contribution in [2.75, 3.05) is 24.5 Å². The molecular weight excluding hydrogens is 462 g/mol. The maximum absolute atomic E-state index is 13.7. The van der Waals surface area contributed by atoms with Crippen molar-refractivity contribution < 1.29 is 9.59 Å². The van der Waals surface area contributed by atoms with E-state index in [1.165, 1.54) is 12.8 Å². The molecule has 7 nitrogen and oxygen atoms in total. The third-order valence-electron chi connectivity index (χ3n) is 8.06. The summed E-state index contributed by atoms with van der Waals surface area (Å²) in [5.74, 6) is 1.00. The fraction of sp³-hybridized carbons (Fsp3) is 0.633. The van der Waals surface area contributed by atoms with E-state index in [9.17, 15) is 9.59 Å². The van der Waals surface area contributed by atoms with Crippen molar-refractivity contribution in [1.82, 2.24) is 19.4 Å². The van der Waals surface area contributed by atoms with Gasteiger partial charge in [-0.3, -0.25) is 14.5 Å². The Balaban J connectivity index is 1.62. The number of piperidine rings is 1. The van der Waals surface area contributed by atoms with Crippen molar-refractivity contribution in [1.29, 1.82) is 0 Å². The Kier molecular flexibility index (Phi) is 9.78. The molecule has 0 aliphatic carbocycles. The number of carbonyl (C=O) groups is 2. The van der Waals surface area contributed by atoms with E-state index >= 15 is 0 Å². The zero-order valence-electron chi connectivity index (χ0n) is 23.0. The maximum Gasteiger partial charge on any atom is 0.226 e. The molecule has 2 bridgehead atoms. The van der Waals surface area contributed by atoms with E-state index in [1.54, 1.807) is 6.20 Å². The van der Waals surface area contributed by atoms with Crippen LogP contribution < -0.4 is 4.90 Å². The molecule has 4 rings (SSSR count). The minimum atomic E-state index is 0.158. The lowest BCUT2D eigenvalue weighted by molar-refractivity contribution is -0.133. The summed E-state index contributed by atoms with van der Waals surface area (Å²) >= 11 is 0. The molecule has 2 unspecified atom stereocenters. The number of aryl methyl sites for hydroxylation is 1. The fourth-order valence-electron chi connectivity index (χ4n) is 5.96. The van der Waals surface area contributed by atoms with E-state index in [0.717, 1.165) is 63.1 Å². The molecule has 202 valence electrons. The Labute approximate surface area is 222 Å². The first-order valence-corrected chi connectivity index (χ1v) is 14.3. The molecule has 0 spiro atoms. The number of fused-ring (bicyclic) bond motifs is 3. The molecule has 2 aliphatic rings. The predicted octanol–water partition coefficient (Wildman–Crippen LogP) is 5.11. The summed E-state index contributed by atoms with van der Waals surface area (Å²) in [5, 5.41) is 0. The maximum atomic E-state index is 13.7. The van der Waals surface area contributed by atoms with E-state index < -0.39 is 0 Å². The Morgan fingerprint density at radius 1 is 1.05 bits per heavy atom. The quantitative estimate of drug-likeness (QED) is 0.498. The molecule has 0 saturated carbocycles. The van der Waals surface area contributed by atoms with E-state index in [1.807, 2.05) is 41.0 Å². The second kappa shape index (κ2) is 13.2. The molecule has 2 aliphatic heterocycles. The number of aromatic nitrogens is 2. The fourth-order valence-corrected chi connectivity index (χ4v) is 5.96. The van der Waals surface area contributed by atoms with E-state index in [4.69, 9.17) is 0 Å². The molecule has 2 aromatic rings. The SMILES string of the molecule is CCC(=O)N1CCC2CCCC(CN(C(=O)CCCn3ccnc3)Cc3ccccc31)N2CCC(C)C. The molecule has 0 radical (unpaired) electrons. The van der Waals surface area contributed by atoms with E-state index in [0.29, 0.717) is 37.4 Å². The van der Waals surface area contributed by atoms with Crippen LogP contribution in [0, 0.1) is 5.92 Å². The lowest BCUT2D eigenvalue weighted by Crippen LogP contribution is -2.53. The Morgan fingerprint density at radius 3 is 2.62 bits per heavy atom. The number of hydrogen-bond acceptors (Lipinski definition) is 4. The molecule has 3 heterocycles. The van der Waals surface area contributed by atoms with E-state index in [-0.39, 0.29) is 11.8 Å². The highest BCUT2D eigenvalue weighted by Crippen LogP contribution is 2.31. The number of carbonyl (C=O) groups excluding carboxylic acids is 2. The van der Waals surface area contributed by atoms with Gasteiger partial charge in [0, 0.05) is 69.2 Å². The van der Waals surface area contributed by atoms with Gasteiger partial charge in [-0.15, -0.1) is 0 Å². The summed E-state index contributed by atoms with van der Waals surface area (Å²) < 4.78 is 2.03. The van der Waals surface area contributed by atoms with Gasteiger partial charge in [0.15, 0.2) is 0 Å². The molecule has 1 aromatic heterocycles. The van der Waals surface area contributed by atoms with Crippen LogP contribution in [0.15, 0.2) is 43.0 Å². The molecule has 1 aromatic carbocycles. The van der Waals surface area contributed by atoms with Crippen molar-refractivity contribution >= 4 is 17.5 Å². The standard InChI is InChI=1S/C30H45N5O2/c1-4-29(36)35-19-15-26-10-7-11-27(34(26)18-14-24(2)3)22-33(21-25-9-5-6-12-28(25)35)30(37)13-8-17-32-20-16-31-23-32/h5-6,9,12,16,20,23-24,26-27H,4,7-8,10-11,13-15,17-19,21-22H2,1-3H3. The topological polar surface area (TPSA) is 61.7 Å². The smallest absolute Gasteiger partial charge is 0.226 e. The summed E-state index contributed by atoms with van der Waals surface area (Å²) in [6, 6.07) is 9.02. The van der Waals surface area contributed by atoms with Crippen LogP contribution in [0.25, 0.3) is 0 Å². The van der Waals surface area contributed by atoms with Gasteiger partial charge in [-0.1, -0.05) is 45.4 Å². The molecule has 2 atom stereocenters. The van der Waals surface area contributed by atoms with Crippen LogP contribution in [0.2, 0.25) is 0 Å². The highest BCUT2D eigenvalue weighted by atomic mass is 16.2. The Hall–Kier alpha value is -2.67. The molecule has 7 heteroatoms.